The van der Waals surface area contributed by atoms with E-state index in [2.05, 4.69) is 5.32 Å². The average molecular weight is 212 g/mol. The molecule has 0 bridgehead atoms. The molecule has 1 amide bonds. The molecule has 86 valence electrons. The van der Waals surface area contributed by atoms with Crippen LogP contribution >= 0.6 is 0 Å². The monoisotopic (exact) mass is 212 g/mol. The zero-order valence-electron chi connectivity index (χ0n) is 9.33. The maximum absolute atomic E-state index is 12.0. The van der Waals surface area contributed by atoms with Crippen molar-refractivity contribution in [1.82, 2.24) is 10.2 Å². The zero-order valence-corrected chi connectivity index (χ0v) is 9.33. The van der Waals surface area contributed by atoms with Crippen LogP contribution in [-0.4, -0.2) is 47.2 Å². The van der Waals surface area contributed by atoms with E-state index in [1.54, 1.807) is 0 Å². The molecule has 1 unspecified atom stereocenters. The molecule has 0 aromatic heterocycles. The minimum atomic E-state index is -0.570. The van der Waals surface area contributed by atoms with E-state index in [9.17, 15) is 9.90 Å². The lowest BCUT2D eigenvalue weighted by Gasteiger charge is -2.36. The molecule has 15 heavy (non-hydrogen) atoms. The van der Waals surface area contributed by atoms with Crippen LogP contribution < -0.4 is 5.32 Å². The van der Waals surface area contributed by atoms with Gasteiger partial charge in [-0.1, -0.05) is 0 Å². The molecule has 0 saturated carbocycles. The van der Waals surface area contributed by atoms with Gasteiger partial charge in [-0.2, -0.15) is 0 Å². The molecular weight excluding hydrogens is 192 g/mol. The molecule has 0 aliphatic carbocycles. The average Bonchev–Trinajstić information content (AvgIpc) is 2.69. The first-order valence-electron chi connectivity index (χ1n) is 5.83. The van der Waals surface area contributed by atoms with Gasteiger partial charge in [0.2, 0.25) is 5.91 Å². The van der Waals surface area contributed by atoms with Crippen LogP contribution in [0.1, 0.15) is 32.6 Å². The van der Waals surface area contributed by atoms with Gasteiger partial charge in [0.05, 0.1) is 11.6 Å². The second-order valence-corrected chi connectivity index (χ2v) is 4.97. The third-order valence-corrected chi connectivity index (χ3v) is 3.51. The molecule has 2 rings (SSSR count). The number of hydrogen-bond acceptors (Lipinski definition) is 3. The number of piperidine rings is 1. The highest BCUT2D eigenvalue weighted by atomic mass is 16.3. The van der Waals surface area contributed by atoms with Crippen molar-refractivity contribution in [2.24, 2.45) is 0 Å². The molecule has 2 saturated heterocycles. The Morgan fingerprint density at radius 2 is 2.13 bits per heavy atom. The van der Waals surface area contributed by atoms with Crippen molar-refractivity contribution >= 4 is 5.91 Å². The third kappa shape index (κ3) is 2.49. The Morgan fingerprint density at radius 1 is 1.47 bits per heavy atom. The highest BCUT2D eigenvalue weighted by molar-refractivity contribution is 5.82. The van der Waals surface area contributed by atoms with Crippen LogP contribution in [-0.2, 0) is 4.79 Å². The zero-order chi connectivity index (χ0) is 10.9. The first-order chi connectivity index (χ1) is 7.08. The summed E-state index contributed by atoms with van der Waals surface area (Å²) < 4.78 is 0. The topological polar surface area (TPSA) is 52.6 Å². The first-order valence-corrected chi connectivity index (χ1v) is 5.83. The lowest BCUT2D eigenvalue weighted by molar-refractivity contribution is -0.136. The second kappa shape index (κ2) is 4.10. The van der Waals surface area contributed by atoms with Crippen LogP contribution in [0, 0.1) is 0 Å². The van der Waals surface area contributed by atoms with Crippen LogP contribution in [0.15, 0.2) is 0 Å². The van der Waals surface area contributed by atoms with Crippen molar-refractivity contribution in [3.63, 3.8) is 0 Å². The van der Waals surface area contributed by atoms with E-state index < -0.39 is 5.60 Å². The smallest absolute Gasteiger partial charge is 0.239 e. The summed E-state index contributed by atoms with van der Waals surface area (Å²) in [5.41, 5.74) is -0.570. The summed E-state index contributed by atoms with van der Waals surface area (Å²) in [4.78, 5) is 13.9. The number of nitrogens with zero attached hydrogens (tertiary/aromatic N) is 1. The minimum absolute atomic E-state index is 0.0352. The van der Waals surface area contributed by atoms with Gasteiger partial charge >= 0.3 is 0 Å². The van der Waals surface area contributed by atoms with Crippen LogP contribution in [0.5, 0.6) is 0 Å². The Balaban J connectivity index is 1.87. The Labute approximate surface area is 90.6 Å². The molecule has 1 atom stereocenters. The summed E-state index contributed by atoms with van der Waals surface area (Å²) in [5.74, 6) is 0.225. The molecule has 0 aromatic carbocycles. The SMILES string of the molecule is CC1(O)CCN(C(=O)C2CCCN2)CC1. The summed E-state index contributed by atoms with van der Waals surface area (Å²) in [7, 11) is 0. The van der Waals surface area contributed by atoms with E-state index in [1.807, 2.05) is 11.8 Å². The number of amides is 1. The van der Waals surface area contributed by atoms with Crippen LogP contribution in [0.25, 0.3) is 0 Å². The van der Waals surface area contributed by atoms with E-state index in [4.69, 9.17) is 0 Å². The lowest BCUT2D eigenvalue weighted by atomic mass is 9.93. The highest BCUT2D eigenvalue weighted by Gasteiger charge is 2.33. The maximum atomic E-state index is 12.0. The van der Waals surface area contributed by atoms with Crippen molar-refractivity contribution in [2.45, 2.75) is 44.2 Å². The van der Waals surface area contributed by atoms with Crippen molar-refractivity contribution in [3.05, 3.63) is 0 Å². The van der Waals surface area contributed by atoms with Crippen molar-refractivity contribution in [2.75, 3.05) is 19.6 Å². The van der Waals surface area contributed by atoms with Crippen LogP contribution in [0.3, 0.4) is 0 Å². The summed E-state index contributed by atoms with van der Waals surface area (Å²) >= 11 is 0. The standard InChI is InChI=1S/C11H20N2O2/c1-11(15)4-7-13(8-5-11)10(14)9-3-2-6-12-9/h9,12,15H,2-8H2,1H3. The number of aliphatic hydroxyl groups is 1. The third-order valence-electron chi connectivity index (χ3n) is 3.51. The number of carbonyl (C=O) groups excluding carboxylic acids is 1. The summed E-state index contributed by atoms with van der Waals surface area (Å²) in [6.45, 7) is 4.21. The van der Waals surface area contributed by atoms with Crippen molar-refractivity contribution in [1.29, 1.82) is 0 Å². The van der Waals surface area contributed by atoms with Crippen LogP contribution in [0.2, 0.25) is 0 Å². The molecule has 2 aliphatic heterocycles. The molecule has 0 spiro atoms. The van der Waals surface area contributed by atoms with Gasteiger partial charge in [-0.25, -0.2) is 0 Å². The second-order valence-electron chi connectivity index (χ2n) is 4.97. The number of carbonyl (C=O) groups is 1. The van der Waals surface area contributed by atoms with Gasteiger partial charge in [0.1, 0.15) is 0 Å². The Kier molecular flexibility index (Phi) is 2.98. The van der Waals surface area contributed by atoms with Crippen molar-refractivity contribution < 1.29 is 9.90 Å². The fourth-order valence-electron chi connectivity index (χ4n) is 2.32. The lowest BCUT2D eigenvalue weighted by Crippen LogP contribution is -2.50. The summed E-state index contributed by atoms with van der Waals surface area (Å²) in [6.07, 6.45) is 3.46. The molecule has 2 heterocycles. The molecule has 2 N–H and O–H groups in total. The predicted octanol–water partition coefficient (Wildman–Crippen LogP) is 0.112. The number of rotatable bonds is 1. The summed E-state index contributed by atoms with van der Waals surface area (Å²) in [6, 6.07) is 0.0352. The van der Waals surface area contributed by atoms with Crippen molar-refractivity contribution in [3.8, 4) is 0 Å². The van der Waals surface area contributed by atoms with Gasteiger partial charge in [-0.05, 0) is 39.2 Å². The highest BCUT2D eigenvalue weighted by Crippen LogP contribution is 2.22. The number of nitrogens with one attached hydrogen (secondary N) is 1. The quantitative estimate of drug-likeness (QED) is 0.649. The van der Waals surface area contributed by atoms with Gasteiger partial charge in [0.15, 0.2) is 0 Å². The molecule has 0 radical (unpaired) electrons. The Hall–Kier alpha value is -0.610. The molecule has 4 heteroatoms. The van der Waals surface area contributed by atoms with Gasteiger partial charge in [-0.3, -0.25) is 4.79 Å². The number of likely N-dealkylation sites (tertiary alicyclic amines) is 1. The molecule has 2 fully saturated rings. The molecule has 2 aliphatic rings. The predicted molar refractivity (Wildman–Crippen MR) is 57.5 cm³/mol. The van der Waals surface area contributed by atoms with Gasteiger partial charge in [-0.15, -0.1) is 0 Å². The molecular formula is C11H20N2O2. The maximum Gasteiger partial charge on any atom is 0.239 e. The fraction of sp³-hybridized carbons (Fsp3) is 0.909. The van der Waals surface area contributed by atoms with E-state index in [0.717, 1.165) is 19.4 Å². The summed E-state index contributed by atoms with van der Waals surface area (Å²) in [5, 5.41) is 13.0. The molecule has 0 aromatic rings. The van der Waals surface area contributed by atoms with E-state index in [0.29, 0.717) is 25.9 Å². The largest absolute Gasteiger partial charge is 0.390 e. The first kappa shape index (κ1) is 10.9. The fourth-order valence-corrected chi connectivity index (χ4v) is 2.32. The van der Waals surface area contributed by atoms with Crippen LogP contribution in [0.4, 0.5) is 0 Å². The van der Waals surface area contributed by atoms with Gasteiger partial charge in [0, 0.05) is 13.1 Å². The van der Waals surface area contributed by atoms with E-state index in [1.165, 1.54) is 0 Å². The normalized spacial score (nSPS) is 30.5. The Morgan fingerprint density at radius 3 is 2.67 bits per heavy atom. The van der Waals surface area contributed by atoms with E-state index >= 15 is 0 Å². The van der Waals surface area contributed by atoms with Gasteiger partial charge < -0.3 is 15.3 Å². The van der Waals surface area contributed by atoms with Gasteiger partial charge in [0.25, 0.3) is 0 Å². The minimum Gasteiger partial charge on any atom is -0.390 e. The molecule has 4 nitrogen and oxygen atoms in total. The van der Waals surface area contributed by atoms with E-state index in [-0.39, 0.29) is 11.9 Å². The number of hydrogen-bond donors (Lipinski definition) is 2. The Bertz CT molecular complexity index is 237.